The smallest absolute Gasteiger partial charge is 0.168 e. The average Bonchev–Trinajstić information content (AvgIpc) is 3.60. The molecule has 1 aliphatic heterocycles. The van der Waals surface area contributed by atoms with Gasteiger partial charge in [0.15, 0.2) is 20.4 Å². The van der Waals surface area contributed by atoms with Gasteiger partial charge in [0.2, 0.25) is 0 Å². The molecule has 1 saturated carbocycles. The van der Waals surface area contributed by atoms with Crippen molar-refractivity contribution in [2.75, 3.05) is 17.7 Å². The Morgan fingerprint density at radius 2 is 2.06 bits per heavy atom. The SMILES string of the molecule is C[C@@]1(c2nc(Nc3nccc4cc(Br)cnc34)ccc2F)CS(=O)(=O)[C@@](CF)(C2CC2)C(=N)N1. The Hall–Kier alpha value is -2.73. The molecule has 0 radical (unpaired) electrons. The minimum Gasteiger partial charge on any atom is -0.361 e. The van der Waals surface area contributed by atoms with E-state index in [1.54, 1.807) is 18.5 Å². The minimum atomic E-state index is -4.11. The number of amidine groups is 1. The van der Waals surface area contributed by atoms with Gasteiger partial charge in [0.1, 0.15) is 35.4 Å². The standard InChI is InChI=1S/C22H21BrF2N6O2S/c1-21(11-34(32,33)22(10-24,13-2-3-13)20(26)31-21)18-15(25)4-5-16(29-18)30-19-17-12(6-7-27-19)8-14(23)9-28-17/h4-9,13H,2-3,10-11H2,1H3,(H2,26,31)(H,27,29,30)/t21-,22-/m0/s1. The van der Waals surface area contributed by atoms with Crippen molar-refractivity contribution in [1.82, 2.24) is 20.3 Å². The fourth-order valence-corrected chi connectivity index (χ4v) is 7.47. The monoisotopic (exact) mass is 550 g/mol. The fraction of sp³-hybridized carbons (Fsp3) is 0.364. The number of alkyl halides is 1. The van der Waals surface area contributed by atoms with E-state index >= 15 is 0 Å². The highest BCUT2D eigenvalue weighted by Gasteiger charge is 2.63. The van der Waals surface area contributed by atoms with E-state index in [0.29, 0.717) is 24.2 Å². The molecule has 12 heteroatoms. The fourth-order valence-electron chi connectivity index (χ4n) is 4.62. The highest BCUT2D eigenvalue weighted by Crippen LogP contribution is 2.49. The van der Waals surface area contributed by atoms with Crippen LogP contribution in [0.15, 0.2) is 41.1 Å². The third-order valence-corrected chi connectivity index (χ3v) is 9.62. The second-order valence-electron chi connectivity index (χ2n) is 8.93. The van der Waals surface area contributed by atoms with Crippen LogP contribution < -0.4 is 10.6 Å². The lowest BCUT2D eigenvalue weighted by molar-refractivity contribution is 0.353. The number of fused-ring (bicyclic) bond motifs is 1. The molecule has 2 atom stereocenters. The van der Waals surface area contributed by atoms with Crippen molar-refractivity contribution < 1.29 is 17.2 Å². The van der Waals surface area contributed by atoms with Crippen molar-refractivity contribution in [1.29, 1.82) is 5.41 Å². The molecule has 1 aliphatic carbocycles. The predicted molar refractivity (Wildman–Crippen MR) is 128 cm³/mol. The lowest BCUT2D eigenvalue weighted by atomic mass is 9.94. The zero-order valence-electron chi connectivity index (χ0n) is 18.1. The van der Waals surface area contributed by atoms with Crippen molar-refractivity contribution in [2.45, 2.75) is 30.1 Å². The van der Waals surface area contributed by atoms with Gasteiger partial charge in [-0.05, 0) is 65.9 Å². The average molecular weight is 551 g/mol. The van der Waals surface area contributed by atoms with Gasteiger partial charge in [-0.3, -0.25) is 10.4 Å². The molecular formula is C22H21BrF2N6O2S. The molecule has 178 valence electrons. The van der Waals surface area contributed by atoms with Gasteiger partial charge in [0.25, 0.3) is 0 Å². The highest BCUT2D eigenvalue weighted by molar-refractivity contribution is 9.10. The van der Waals surface area contributed by atoms with E-state index in [2.05, 4.69) is 41.5 Å². The van der Waals surface area contributed by atoms with Gasteiger partial charge in [-0.25, -0.2) is 27.2 Å². The van der Waals surface area contributed by atoms with Crippen LogP contribution in [0.4, 0.5) is 20.4 Å². The normalized spacial score (nSPS) is 26.3. The van der Waals surface area contributed by atoms with Crippen molar-refractivity contribution in [3.63, 3.8) is 0 Å². The van der Waals surface area contributed by atoms with Gasteiger partial charge in [-0.15, -0.1) is 0 Å². The molecule has 3 aromatic rings. The Kier molecular flexibility index (Phi) is 5.36. The molecule has 1 saturated heterocycles. The van der Waals surface area contributed by atoms with Crippen LogP contribution in [0.5, 0.6) is 0 Å². The lowest BCUT2D eigenvalue weighted by Crippen LogP contribution is -2.68. The van der Waals surface area contributed by atoms with Gasteiger partial charge in [0.05, 0.1) is 11.3 Å². The van der Waals surface area contributed by atoms with E-state index in [1.807, 2.05) is 6.07 Å². The number of hydrogen-bond donors (Lipinski definition) is 3. The van der Waals surface area contributed by atoms with Crippen LogP contribution in [0.3, 0.4) is 0 Å². The summed E-state index contributed by atoms with van der Waals surface area (Å²) >= 11 is 3.38. The van der Waals surface area contributed by atoms with Gasteiger partial charge >= 0.3 is 0 Å². The van der Waals surface area contributed by atoms with Crippen LogP contribution in [0.1, 0.15) is 25.5 Å². The first-order chi connectivity index (χ1) is 16.1. The summed E-state index contributed by atoms with van der Waals surface area (Å²) in [6.45, 7) is 0.272. The van der Waals surface area contributed by atoms with Crippen LogP contribution in [-0.2, 0) is 15.4 Å². The second kappa shape index (κ2) is 7.91. The van der Waals surface area contributed by atoms with Crippen LogP contribution in [0.25, 0.3) is 10.9 Å². The van der Waals surface area contributed by atoms with Gasteiger partial charge < -0.3 is 10.6 Å². The predicted octanol–water partition coefficient (Wildman–Crippen LogP) is 4.00. The lowest BCUT2D eigenvalue weighted by Gasteiger charge is -2.44. The third-order valence-electron chi connectivity index (χ3n) is 6.47. The Labute approximate surface area is 203 Å². The number of hydrogen-bond acceptors (Lipinski definition) is 7. The number of pyridine rings is 3. The quantitative estimate of drug-likeness (QED) is 0.439. The molecule has 0 spiro atoms. The molecule has 0 unspecified atom stereocenters. The number of nitrogens with one attached hydrogen (secondary N) is 3. The molecule has 2 fully saturated rings. The molecule has 34 heavy (non-hydrogen) atoms. The molecule has 0 aromatic carbocycles. The van der Waals surface area contributed by atoms with Crippen molar-refractivity contribution in [2.24, 2.45) is 5.92 Å². The number of halogens is 3. The Morgan fingerprint density at radius 3 is 2.74 bits per heavy atom. The van der Waals surface area contributed by atoms with Crippen molar-refractivity contribution in [3.8, 4) is 0 Å². The summed E-state index contributed by atoms with van der Waals surface area (Å²) in [5.74, 6) is -1.60. The molecule has 8 nitrogen and oxygen atoms in total. The Morgan fingerprint density at radius 1 is 1.29 bits per heavy atom. The first kappa shape index (κ1) is 23.0. The van der Waals surface area contributed by atoms with Crippen LogP contribution >= 0.6 is 15.9 Å². The van der Waals surface area contributed by atoms with Crippen molar-refractivity contribution >= 4 is 54.1 Å². The first-order valence-corrected chi connectivity index (χ1v) is 13.0. The largest absolute Gasteiger partial charge is 0.361 e. The number of sulfone groups is 1. The van der Waals surface area contributed by atoms with Crippen molar-refractivity contribution in [3.05, 3.63) is 52.6 Å². The molecule has 4 heterocycles. The summed E-state index contributed by atoms with van der Waals surface area (Å²) in [5, 5.41) is 15.1. The molecule has 3 aromatic heterocycles. The van der Waals surface area contributed by atoms with E-state index < -0.39 is 50.1 Å². The number of nitrogens with zero attached hydrogens (tertiary/aromatic N) is 3. The third kappa shape index (κ3) is 3.54. The Bertz CT molecular complexity index is 1430. The molecule has 2 aliphatic rings. The summed E-state index contributed by atoms with van der Waals surface area (Å²) in [5.41, 5.74) is -1.17. The first-order valence-electron chi connectivity index (χ1n) is 10.6. The van der Waals surface area contributed by atoms with Gasteiger partial charge in [0, 0.05) is 22.3 Å². The number of rotatable bonds is 5. The summed E-state index contributed by atoms with van der Waals surface area (Å²) in [4.78, 5) is 13.0. The molecule has 5 rings (SSSR count). The summed E-state index contributed by atoms with van der Waals surface area (Å²) in [6, 6.07) is 6.24. The maximum Gasteiger partial charge on any atom is 0.168 e. The summed E-state index contributed by atoms with van der Waals surface area (Å²) in [6.07, 6.45) is 4.30. The number of aromatic nitrogens is 3. The summed E-state index contributed by atoms with van der Waals surface area (Å²) in [7, 11) is -4.11. The minimum absolute atomic E-state index is 0.190. The Balaban J connectivity index is 1.52. The highest BCUT2D eigenvalue weighted by atomic mass is 79.9. The summed E-state index contributed by atoms with van der Waals surface area (Å²) < 4.78 is 54.5. The van der Waals surface area contributed by atoms with Crippen LogP contribution in [-0.4, -0.2) is 46.4 Å². The maximum absolute atomic E-state index is 15.0. The second-order valence-corrected chi connectivity index (χ2v) is 12.1. The number of anilines is 2. The molecular weight excluding hydrogens is 530 g/mol. The van der Waals surface area contributed by atoms with Crippen LogP contribution in [0, 0.1) is 17.1 Å². The zero-order valence-corrected chi connectivity index (χ0v) is 20.5. The van der Waals surface area contributed by atoms with E-state index in [-0.39, 0.29) is 11.5 Å². The molecule has 0 amide bonds. The van der Waals surface area contributed by atoms with E-state index in [0.717, 1.165) is 9.86 Å². The molecule has 3 N–H and O–H groups in total. The zero-order chi connectivity index (χ0) is 24.3. The molecule has 0 bridgehead atoms. The van der Waals surface area contributed by atoms with Gasteiger partial charge in [-0.2, -0.15) is 0 Å². The maximum atomic E-state index is 15.0. The van der Waals surface area contributed by atoms with Crippen LogP contribution in [0.2, 0.25) is 0 Å². The topological polar surface area (TPSA) is 121 Å². The van der Waals surface area contributed by atoms with E-state index in [9.17, 15) is 17.2 Å². The van der Waals surface area contributed by atoms with E-state index in [1.165, 1.54) is 19.1 Å². The van der Waals surface area contributed by atoms with E-state index in [4.69, 9.17) is 5.41 Å². The van der Waals surface area contributed by atoms with Gasteiger partial charge in [-0.1, -0.05) is 0 Å².